The molecule has 1 aliphatic heterocycles. The highest BCUT2D eigenvalue weighted by atomic mass is 16.3. The van der Waals surface area contributed by atoms with E-state index in [4.69, 9.17) is 0 Å². The summed E-state index contributed by atoms with van der Waals surface area (Å²) in [6, 6.07) is 0. The van der Waals surface area contributed by atoms with Gasteiger partial charge in [-0.05, 0) is 39.0 Å². The number of aliphatic hydroxyl groups is 1. The number of nitrogens with zero attached hydrogens (tertiary/aromatic N) is 3. The van der Waals surface area contributed by atoms with E-state index < -0.39 is 11.3 Å². The summed E-state index contributed by atoms with van der Waals surface area (Å²) in [5.74, 6) is 1.03. The van der Waals surface area contributed by atoms with Crippen molar-refractivity contribution in [1.29, 1.82) is 0 Å². The van der Waals surface area contributed by atoms with Gasteiger partial charge in [-0.15, -0.1) is 0 Å². The Bertz CT molecular complexity index is 757. The van der Waals surface area contributed by atoms with Gasteiger partial charge in [0.25, 0.3) is 0 Å². The Kier molecular flexibility index (Phi) is 5.68. The molecular formula is C18H31N4O3+. The summed E-state index contributed by atoms with van der Waals surface area (Å²) in [7, 11) is 3.57. The van der Waals surface area contributed by atoms with Gasteiger partial charge in [-0.1, -0.05) is 19.8 Å². The minimum atomic E-state index is -0.592. The number of aromatic amines is 1. The van der Waals surface area contributed by atoms with Crippen molar-refractivity contribution in [3.05, 3.63) is 20.8 Å². The Labute approximate surface area is 148 Å². The van der Waals surface area contributed by atoms with E-state index in [-0.39, 0.29) is 5.56 Å². The molecule has 140 valence electrons. The molecule has 0 radical (unpaired) electrons. The Hall–Kier alpha value is -1.73. The third-order valence-electron chi connectivity index (χ3n) is 5.02. The molecule has 7 nitrogen and oxygen atoms in total. The Morgan fingerprint density at radius 1 is 1.32 bits per heavy atom. The standard InChI is InChI=1S/C18H30N4O3/c1-13(8-6-10-18(2,3)25)9-7-11-22(5)12-19-15-14(22)16(23)20-17(24)21(15)4/h12-13,25H,6-11H2,1-5H3/p+1/t13-,22?/m1/s1. The number of H-pyrrole nitrogens is 1. The Morgan fingerprint density at radius 2 is 1.96 bits per heavy atom. The lowest BCUT2D eigenvalue weighted by Gasteiger charge is -2.25. The molecule has 1 aromatic heterocycles. The predicted molar refractivity (Wildman–Crippen MR) is 102 cm³/mol. The number of nitrogens with one attached hydrogen (secondary N) is 1. The minimum absolute atomic E-state index is 0.329. The fourth-order valence-corrected chi connectivity index (χ4v) is 3.41. The summed E-state index contributed by atoms with van der Waals surface area (Å²) in [6.45, 7) is 6.69. The highest BCUT2D eigenvalue weighted by Gasteiger charge is 2.37. The van der Waals surface area contributed by atoms with Crippen molar-refractivity contribution in [1.82, 2.24) is 14.0 Å². The second kappa shape index (κ2) is 7.25. The first kappa shape index (κ1) is 19.6. The first-order chi connectivity index (χ1) is 11.5. The Morgan fingerprint density at radius 3 is 2.60 bits per heavy atom. The van der Waals surface area contributed by atoms with Crippen molar-refractivity contribution in [2.24, 2.45) is 18.0 Å². The number of rotatable bonds is 8. The van der Waals surface area contributed by atoms with Gasteiger partial charge >= 0.3 is 11.2 Å². The highest BCUT2D eigenvalue weighted by molar-refractivity contribution is 5.86. The van der Waals surface area contributed by atoms with Gasteiger partial charge in [0.1, 0.15) is 0 Å². The van der Waals surface area contributed by atoms with E-state index in [2.05, 4.69) is 16.9 Å². The van der Waals surface area contributed by atoms with Crippen LogP contribution in [0.25, 0.3) is 0 Å². The lowest BCUT2D eigenvalue weighted by molar-refractivity contribution is 0.0669. The monoisotopic (exact) mass is 351 g/mol. The van der Waals surface area contributed by atoms with E-state index in [1.54, 1.807) is 13.4 Å². The fraction of sp³-hybridized carbons (Fsp3) is 0.722. The zero-order valence-electron chi connectivity index (χ0n) is 16.0. The van der Waals surface area contributed by atoms with Crippen LogP contribution in [-0.4, -0.2) is 40.2 Å². The first-order valence-electron chi connectivity index (χ1n) is 9.00. The van der Waals surface area contributed by atoms with E-state index in [1.807, 2.05) is 20.9 Å². The third kappa shape index (κ3) is 4.67. The highest BCUT2D eigenvalue weighted by Crippen LogP contribution is 2.32. The number of hydrogen-bond acceptors (Lipinski definition) is 4. The molecule has 0 saturated heterocycles. The normalized spacial score (nSPS) is 20.7. The first-order valence-corrected chi connectivity index (χ1v) is 9.00. The average Bonchev–Trinajstić information content (AvgIpc) is 2.82. The second-order valence-electron chi connectivity index (χ2n) is 8.18. The molecule has 0 fully saturated rings. The molecule has 1 aliphatic rings. The van der Waals surface area contributed by atoms with Crippen molar-refractivity contribution in [2.45, 2.75) is 58.5 Å². The molecule has 0 aromatic carbocycles. The topological polar surface area (TPSA) is 87.5 Å². The van der Waals surface area contributed by atoms with Gasteiger partial charge in [0, 0.05) is 7.05 Å². The van der Waals surface area contributed by atoms with Gasteiger partial charge in [0.2, 0.25) is 11.5 Å². The number of hydrogen-bond donors (Lipinski definition) is 2. The Balaban J connectivity index is 1.93. The van der Waals surface area contributed by atoms with E-state index in [0.29, 0.717) is 21.9 Å². The van der Waals surface area contributed by atoms with Gasteiger partial charge in [-0.2, -0.15) is 4.99 Å². The molecule has 1 unspecified atom stereocenters. The second-order valence-corrected chi connectivity index (χ2v) is 8.18. The predicted octanol–water partition coefficient (Wildman–Crippen LogP) is 2.04. The van der Waals surface area contributed by atoms with Crippen molar-refractivity contribution in [3.8, 4) is 0 Å². The molecule has 7 heteroatoms. The van der Waals surface area contributed by atoms with Crippen LogP contribution in [0, 0.1) is 5.92 Å². The van der Waals surface area contributed by atoms with Crippen LogP contribution in [0.5, 0.6) is 0 Å². The van der Waals surface area contributed by atoms with Crippen molar-refractivity contribution in [2.75, 3.05) is 13.6 Å². The molecule has 25 heavy (non-hydrogen) atoms. The maximum absolute atomic E-state index is 12.2. The van der Waals surface area contributed by atoms with Crippen LogP contribution in [0.2, 0.25) is 0 Å². The quantitative estimate of drug-likeness (QED) is 0.703. The van der Waals surface area contributed by atoms with Gasteiger partial charge in [-0.3, -0.25) is 14.3 Å². The van der Waals surface area contributed by atoms with Gasteiger partial charge in [0.05, 0.1) is 19.2 Å². The minimum Gasteiger partial charge on any atom is -0.390 e. The van der Waals surface area contributed by atoms with Crippen molar-refractivity contribution >= 4 is 17.8 Å². The van der Waals surface area contributed by atoms with Gasteiger partial charge in [0.15, 0.2) is 6.34 Å². The molecule has 0 bridgehead atoms. The van der Waals surface area contributed by atoms with E-state index >= 15 is 0 Å². The molecule has 0 amide bonds. The van der Waals surface area contributed by atoms with Gasteiger partial charge in [-0.25, -0.2) is 9.28 Å². The van der Waals surface area contributed by atoms with Crippen LogP contribution in [0.3, 0.4) is 0 Å². The zero-order valence-corrected chi connectivity index (χ0v) is 16.0. The number of fused-ring (bicyclic) bond motifs is 1. The third-order valence-corrected chi connectivity index (χ3v) is 5.02. The largest absolute Gasteiger partial charge is 0.390 e. The number of aromatic nitrogens is 2. The summed E-state index contributed by atoms with van der Waals surface area (Å²) in [4.78, 5) is 30.6. The molecular weight excluding hydrogens is 320 g/mol. The number of quaternary nitrogens is 1. The van der Waals surface area contributed by atoms with Crippen LogP contribution < -0.4 is 15.7 Å². The maximum Gasteiger partial charge on any atom is 0.330 e. The van der Waals surface area contributed by atoms with E-state index in [1.165, 1.54) is 4.57 Å². The zero-order chi connectivity index (χ0) is 18.8. The van der Waals surface area contributed by atoms with Crippen molar-refractivity contribution < 1.29 is 5.11 Å². The van der Waals surface area contributed by atoms with Crippen LogP contribution in [0.15, 0.2) is 14.6 Å². The molecule has 2 rings (SSSR count). The lowest BCUT2D eigenvalue weighted by Crippen LogP contribution is -2.47. The molecule has 2 N–H and O–H groups in total. The van der Waals surface area contributed by atoms with Crippen molar-refractivity contribution in [3.63, 3.8) is 0 Å². The molecule has 0 spiro atoms. The SMILES string of the molecule is C[C@H](CCCC(C)(C)O)CCC[N+]1(C)C=Nc2c1c(=O)[nH]c(=O)n2C. The summed E-state index contributed by atoms with van der Waals surface area (Å²) in [5, 5.41) is 9.77. The smallest absolute Gasteiger partial charge is 0.330 e. The van der Waals surface area contributed by atoms with E-state index in [0.717, 1.165) is 38.6 Å². The van der Waals surface area contributed by atoms with Crippen LogP contribution in [0.4, 0.5) is 11.5 Å². The summed E-state index contributed by atoms with van der Waals surface area (Å²) in [6.07, 6.45) is 6.70. The molecule has 1 aromatic rings. The summed E-state index contributed by atoms with van der Waals surface area (Å²) >= 11 is 0. The molecule has 0 saturated carbocycles. The van der Waals surface area contributed by atoms with Crippen LogP contribution >= 0.6 is 0 Å². The van der Waals surface area contributed by atoms with Gasteiger partial charge < -0.3 is 5.11 Å². The fourth-order valence-electron chi connectivity index (χ4n) is 3.41. The molecule has 2 atom stereocenters. The molecule has 0 aliphatic carbocycles. The number of aliphatic imine (C=N–C) groups is 1. The lowest BCUT2D eigenvalue weighted by atomic mass is 9.94. The van der Waals surface area contributed by atoms with Crippen LogP contribution in [0.1, 0.15) is 52.9 Å². The maximum atomic E-state index is 12.2. The molecule has 2 heterocycles. The summed E-state index contributed by atoms with van der Waals surface area (Å²) in [5.41, 5.74) is -0.840. The van der Waals surface area contributed by atoms with Crippen LogP contribution in [-0.2, 0) is 7.05 Å². The van der Waals surface area contributed by atoms with E-state index in [9.17, 15) is 14.7 Å². The summed E-state index contributed by atoms with van der Waals surface area (Å²) < 4.78 is 1.71. The average molecular weight is 351 g/mol.